The van der Waals surface area contributed by atoms with Crippen molar-refractivity contribution in [2.75, 3.05) is 26.2 Å². The van der Waals surface area contributed by atoms with Crippen LogP contribution in [0.3, 0.4) is 0 Å². The Hall–Kier alpha value is -3.40. The zero-order chi connectivity index (χ0) is 27.4. The van der Waals surface area contributed by atoms with E-state index >= 15 is 0 Å². The lowest BCUT2D eigenvalue weighted by atomic mass is 9.96. The number of hydrogen-bond acceptors (Lipinski definition) is 4. The van der Waals surface area contributed by atoms with Gasteiger partial charge in [0.2, 0.25) is 0 Å². The van der Waals surface area contributed by atoms with Gasteiger partial charge in [-0.15, -0.1) is 0 Å². The molecule has 5 rings (SSSR count). The zero-order valence-corrected chi connectivity index (χ0v) is 24.5. The molecule has 2 heterocycles. The van der Waals surface area contributed by atoms with Crippen molar-refractivity contribution in [2.24, 2.45) is 9.98 Å². The van der Waals surface area contributed by atoms with Gasteiger partial charge >= 0.3 is 0 Å². The standard InChI is InChI=1S/C35H44N4/c1-25(2)38-20-18-36-34(38)32-14-10-28(11-15-32)6-8-30-22-27(5)23-31(24-30)9-7-29-12-16-33(17-13-29)35-37-19-21-39(35)26(3)4/h10-17,22-26H,6-9,18-21H2,1-5H3. The molecule has 0 spiro atoms. The SMILES string of the molecule is Cc1cc(CCc2ccc(C3=NCCN3C(C)C)cc2)cc(CCc2ccc(C3=NCCN3C(C)C)cc2)c1. The molecular formula is C35H44N4. The number of rotatable bonds is 10. The first kappa shape index (κ1) is 27.2. The summed E-state index contributed by atoms with van der Waals surface area (Å²) in [6.45, 7) is 15.1. The van der Waals surface area contributed by atoms with Gasteiger partial charge in [-0.1, -0.05) is 72.3 Å². The van der Waals surface area contributed by atoms with Gasteiger partial charge in [-0.2, -0.15) is 0 Å². The molecule has 4 nitrogen and oxygen atoms in total. The predicted molar refractivity (Wildman–Crippen MR) is 165 cm³/mol. The molecule has 0 amide bonds. The minimum absolute atomic E-state index is 0.489. The summed E-state index contributed by atoms with van der Waals surface area (Å²) in [7, 11) is 0. The second kappa shape index (κ2) is 12.2. The van der Waals surface area contributed by atoms with E-state index in [0.717, 1.165) is 63.5 Å². The lowest BCUT2D eigenvalue weighted by molar-refractivity contribution is 0.381. The molecule has 3 aromatic carbocycles. The van der Waals surface area contributed by atoms with E-state index in [1.807, 2.05) is 0 Å². The molecule has 0 saturated carbocycles. The smallest absolute Gasteiger partial charge is 0.131 e. The molecule has 0 radical (unpaired) electrons. The average Bonchev–Trinajstić information content (AvgIpc) is 3.62. The Bertz CT molecular complexity index is 1220. The van der Waals surface area contributed by atoms with Gasteiger partial charge in [0.15, 0.2) is 0 Å². The van der Waals surface area contributed by atoms with Crippen molar-refractivity contribution in [1.29, 1.82) is 0 Å². The highest BCUT2D eigenvalue weighted by Crippen LogP contribution is 2.19. The molecule has 0 bridgehead atoms. The molecule has 2 aliphatic rings. The van der Waals surface area contributed by atoms with Crippen LogP contribution in [0.5, 0.6) is 0 Å². The minimum Gasteiger partial charge on any atom is -0.352 e. The van der Waals surface area contributed by atoms with Crippen molar-refractivity contribution >= 4 is 11.7 Å². The molecule has 0 N–H and O–H groups in total. The summed E-state index contributed by atoms with van der Waals surface area (Å²) in [6.07, 6.45) is 4.25. The molecule has 2 aliphatic heterocycles. The van der Waals surface area contributed by atoms with Gasteiger partial charge in [0.05, 0.1) is 13.1 Å². The molecule has 0 aromatic heterocycles. The quantitative estimate of drug-likeness (QED) is 0.305. The highest BCUT2D eigenvalue weighted by molar-refractivity contribution is 6.00. The van der Waals surface area contributed by atoms with Crippen LogP contribution in [-0.4, -0.2) is 59.7 Å². The summed E-state index contributed by atoms with van der Waals surface area (Å²) in [6, 6.07) is 26.2. The number of amidine groups is 2. The first-order valence-corrected chi connectivity index (χ1v) is 14.8. The fourth-order valence-corrected chi connectivity index (χ4v) is 5.90. The van der Waals surface area contributed by atoms with Crippen LogP contribution >= 0.6 is 0 Å². The van der Waals surface area contributed by atoms with Gasteiger partial charge in [0.25, 0.3) is 0 Å². The number of benzene rings is 3. The maximum absolute atomic E-state index is 4.76. The summed E-state index contributed by atoms with van der Waals surface area (Å²) in [5.74, 6) is 2.30. The third-order valence-electron chi connectivity index (χ3n) is 8.02. The Morgan fingerprint density at radius 3 is 1.33 bits per heavy atom. The Kier molecular flexibility index (Phi) is 8.50. The highest BCUT2D eigenvalue weighted by atomic mass is 15.3. The van der Waals surface area contributed by atoms with Gasteiger partial charge in [-0.3, -0.25) is 9.98 Å². The first-order valence-electron chi connectivity index (χ1n) is 14.8. The molecule has 0 aliphatic carbocycles. The van der Waals surface area contributed by atoms with Crippen LogP contribution < -0.4 is 0 Å². The van der Waals surface area contributed by atoms with Crippen LogP contribution in [-0.2, 0) is 25.7 Å². The van der Waals surface area contributed by atoms with Crippen molar-refractivity contribution in [3.05, 3.63) is 106 Å². The normalized spacial score (nSPS) is 15.5. The van der Waals surface area contributed by atoms with E-state index in [0.29, 0.717) is 12.1 Å². The van der Waals surface area contributed by atoms with Gasteiger partial charge < -0.3 is 9.80 Å². The molecule has 0 unspecified atom stereocenters. The Morgan fingerprint density at radius 1 is 0.564 bits per heavy atom. The van der Waals surface area contributed by atoms with Crippen molar-refractivity contribution < 1.29 is 0 Å². The van der Waals surface area contributed by atoms with Crippen molar-refractivity contribution in [3.8, 4) is 0 Å². The van der Waals surface area contributed by atoms with E-state index in [1.165, 1.54) is 38.9 Å². The molecule has 39 heavy (non-hydrogen) atoms. The van der Waals surface area contributed by atoms with E-state index in [9.17, 15) is 0 Å². The second-order valence-electron chi connectivity index (χ2n) is 11.7. The van der Waals surface area contributed by atoms with E-state index in [2.05, 4.69) is 111 Å². The number of hydrogen-bond donors (Lipinski definition) is 0. The van der Waals surface area contributed by atoms with Crippen molar-refractivity contribution in [1.82, 2.24) is 9.80 Å². The lowest BCUT2D eigenvalue weighted by Gasteiger charge is -2.24. The Balaban J connectivity index is 1.17. The van der Waals surface area contributed by atoms with Gasteiger partial charge in [0, 0.05) is 36.3 Å². The van der Waals surface area contributed by atoms with E-state index < -0.39 is 0 Å². The van der Waals surface area contributed by atoms with Crippen LogP contribution in [0, 0.1) is 6.92 Å². The van der Waals surface area contributed by atoms with Gasteiger partial charge in [-0.25, -0.2) is 0 Å². The van der Waals surface area contributed by atoms with Gasteiger partial charge in [-0.05, 0) is 82.6 Å². The molecule has 3 aromatic rings. The highest BCUT2D eigenvalue weighted by Gasteiger charge is 2.21. The molecule has 4 heteroatoms. The summed E-state index contributed by atoms with van der Waals surface area (Å²) < 4.78 is 0. The maximum atomic E-state index is 4.76. The molecular weight excluding hydrogens is 476 g/mol. The third-order valence-corrected chi connectivity index (χ3v) is 8.02. The summed E-state index contributed by atoms with van der Waals surface area (Å²) in [5.41, 5.74) is 9.48. The van der Waals surface area contributed by atoms with Crippen LogP contribution in [0.4, 0.5) is 0 Å². The number of nitrogens with zero attached hydrogens (tertiary/aromatic N) is 4. The van der Waals surface area contributed by atoms with E-state index in [4.69, 9.17) is 9.98 Å². The fraction of sp³-hybridized carbons (Fsp3) is 0.429. The number of aryl methyl sites for hydroxylation is 5. The van der Waals surface area contributed by atoms with Crippen LogP contribution in [0.2, 0.25) is 0 Å². The average molecular weight is 521 g/mol. The predicted octanol–water partition coefficient (Wildman–Crippen LogP) is 6.51. The summed E-state index contributed by atoms with van der Waals surface area (Å²) in [4.78, 5) is 14.3. The van der Waals surface area contributed by atoms with Crippen molar-refractivity contribution in [2.45, 2.75) is 72.4 Å². The molecule has 0 saturated heterocycles. The first-order chi connectivity index (χ1) is 18.9. The molecule has 204 valence electrons. The number of aliphatic imine (C=N–C) groups is 2. The summed E-state index contributed by atoms with van der Waals surface area (Å²) in [5, 5.41) is 0. The molecule has 0 fully saturated rings. The minimum atomic E-state index is 0.489. The van der Waals surface area contributed by atoms with Crippen LogP contribution in [0.1, 0.15) is 66.6 Å². The molecule has 0 atom stereocenters. The Labute approximate surface area is 235 Å². The van der Waals surface area contributed by atoms with Gasteiger partial charge in [0.1, 0.15) is 11.7 Å². The summed E-state index contributed by atoms with van der Waals surface area (Å²) >= 11 is 0. The topological polar surface area (TPSA) is 31.2 Å². The fourth-order valence-electron chi connectivity index (χ4n) is 5.90. The van der Waals surface area contributed by atoms with E-state index in [-0.39, 0.29) is 0 Å². The van der Waals surface area contributed by atoms with Crippen LogP contribution in [0.25, 0.3) is 0 Å². The lowest BCUT2D eigenvalue weighted by Crippen LogP contribution is -2.34. The van der Waals surface area contributed by atoms with Crippen molar-refractivity contribution in [3.63, 3.8) is 0 Å². The second-order valence-corrected chi connectivity index (χ2v) is 11.7. The third kappa shape index (κ3) is 6.61. The van der Waals surface area contributed by atoms with Crippen LogP contribution in [0.15, 0.2) is 76.7 Å². The monoisotopic (exact) mass is 520 g/mol. The zero-order valence-electron chi connectivity index (χ0n) is 24.5. The Morgan fingerprint density at radius 2 is 0.949 bits per heavy atom. The largest absolute Gasteiger partial charge is 0.352 e. The maximum Gasteiger partial charge on any atom is 0.131 e. The van der Waals surface area contributed by atoms with E-state index in [1.54, 1.807) is 0 Å².